The van der Waals surface area contributed by atoms with Gasteiger partial charge in [-0.3, -0.25) is 0 Å². The minimum atomic E-state index is -3.73. The molecule has 0 aliphatic rings. The maximum Gasteiger partial charge on any atom is 0.244 e. The van der Waals surface area contributed by atoms with Gasteiger partial charge in [0, 0.05) is 31.1 Å². The van der Waals surface area contributed by atoms with Crippen molar-refractivity contribution in [2.24, 2.45) is 0 Å². The lowest BCUT2D eigenvalue weighted by Crippen LogP contribution is -2.34. The number of benzene rings is 1. The van der Waals surface area contributed by atoms with E-state index in [0.717, 1.165) is 0 Å². The predicted molar refractivity (Wildman–Crippen MR) is 82.3 cm³/mol. The molecule has 0 amide bonds. The molecule has 1 aromatic rings. The van der Waals surface area contributed by atoms with E-state index in [1.165, 1.54) is 17.5 Å². The van der Waals surface area contributed by atoms with Crippen molar-refractivity contribution < 1.29 is 13.2 Å². The molecule has 0 saturated heterocycles. The topological polar surface area (TPSA) is 46.6 Å². The Morgan fingerprint density at radius 3 is 2.45 bits per heavy atom. The van der Waals surface area contributed by atoms with Gasteiger partial charge in [0.25, 0.3) is 0 Å². The summed E-state index contributed by atoms with van der Waals surface area (Å²) in [6, 6.07) is 2.89. The van der Waals surface area contributed by atoms with Gasteiger partial charge in [-0.05, 0) is 17.7 Å². The average molecular weight is 361 g/mol. The van der Waals surface area contributed by atoms with E-state index in [4.69, 9.17) is 39.5 Å². The highest BCUT2D eigenvalue weighted by Gasteiger charge is 2.27. The SMILES string of the molecule is CCN(CCOC)S(=O)(=O)c1cc(Cl)cc(CCl)c1Cl. The van der Waals surface area contributed by atoms with Gasteiger partial charge in [0.1, 0.15) is 4.90 Å². The molecule has 0 atom stereocenters. The fourth-order valence-corrected chi connectivity index (χ4v) is 4.30. The van der Waals surface area contributed by atoms with Gasteiger partial charge >= 0.3 is 0 Å². The molecule has 0 unspecified atom stereocenters. The third kappa shape index (κ3) is 4.00. The Bertz CT molecular complexity index is 563. The molecule has 0 saturated carbocycles. The van der Waals surface area contributed by atoms with Crippen LogP contribution in [0.4, 0.5) is 0 Å². The highest BCUT2D eigenvalue weighted by atomic mass is 35.5. The Kier molecular flexibility index (Phi) is 7.04. The van der Waals surface area contributed by atoms with Crippen LogP contribution in [0.2, 0.25) is 10.0 Å². The monoisotopic (exact) mass is 359 g/mol. The molecule has 0 heterocycles. The summed E-state index contributed by atoms with van der Waals surface area (Å²) in [5.41, 5.74) is 0.488. The van der Waals surface area contributed by atoms with Crippen molar-refractivity contribution in [3.63, 3.8) is 0 Å². The number of hydrogen-bond donors (Lipinski definition) is 0. The first-order valence-electron chi connectivity index (χ1n) is 5.91. The van der Waals surface area contributed by atoms with E-state index < -0.39 is 10.0 Å². The van der Waals surface area contributed by atoms with E-state index in [2.05, 4.69) is 0 Å². The van der Waals surface area contributed by atoms with E-state index in [9.17, 15) is 8.42 Å². The highest BCUT2D eigenvalue weighted by Crippen LogP contribution is 2.32. The molecule has 0 radical (unpaired) electrons. The van der Waals surface area contributed by atoms with Crippen molar-refractivity contribution in [3.8, 4) is 0 Å². The van der Waals surface area contributed by atoms with Crippen LogP contribution < -0.4 is 0 Å². The van der Waals surface area contributed by atoms with Crippen molar-refractivity contribution in [1.82, 2.24) is 4.31 Å². The Hall–Kier alpha value is -0.0400. The molecular weight excluding hydrogens is 345 g/mol. The van der Waals surface area contributed by atoms with Crippen LogP contribution in [-0.2, 0) is 20.6 Å². The summed E-state index contributed by atoms with van der Waals surface area (Å²) in [5.74, 6) is 0.0894. The van der Waals surface area contributed by atoms with Gasteiger partial charge in [0.2, 0.25) is 10.0 Å². The quantitative estimate of drug-likeness (QED) is 0.700. The second kappa shape index (κ2) is 7.82. The lowest BCUT2D eigenvalue weighted by Gasteiger charge is -2.21. The summed E-state index contributed by atoms with van der Waals surface area (Å²) >= 11 is 17.8. The zero-order chi connectivity index (χ0) is 15.3. The predicted octanol–water partition coefficient (Wildman–Crippen LogP) is 3.39. The number of alkyl halides is 1. The number of hydrogen-bond acceptors (Lipinski definition) is 3. The van der Waals surface area contributed by atoms with Crippen LogP contribution in [0.3, 0.4) is 0 Å². The Balaban J connectivity index is 3.30. The van der Waals surface area contributed by atoms with Crippen LogP contribution in [0, 0.1) is 0 Å². The number of methoxy groups -OCH3 is 1. The number of nitrogens with zero attached hydrogens (tertiary/aromatic N) is 1. The fraction of sp³-hybridized carbons (Fsp3) is 0.500. The largest absolute Gasteiger partial charge is 0.383 e. The van der Waals surface area contributed by atoms with Crippen LogP contribution in [-0.4, -0.2) is 39.5 Å². The molecular formula is C12H16Cl3NO3S. The summed E-state index contributed by atoms with van der Waals surface area (Å²) in [6.45, 7) is 2.60. The van der Waals surface area contributed by atoms with E-state index in [1.807, 2.05) is 0 Å². The van der Waals surface area contributed by atoms with Gasteiger partial charge in [-0.15, -0.1) is 11.6 Å². The van der Waals surface area contributed by atoms with Crippen molar-refractivity contribution in [2.75, 3.05) is 26.8 Å². The number of rotatable bonds is 7. The van der Waals surface area contributed by atoms with Crippen LogP contribution in [0.1, 0.15) is 12.5 Å². The summed E-state index contributed by atoms with van der Waals surface area (Å²) in [6.07, 6.45) is 0. The third-order valence-corrected chi connectivity index (χ3v) is 5.80. The Labute approximate surface area is 134 Å². The molecule has 1 rings (SSSR count). The molecule has 0 aromatic heterocycles. The Morgan fingerprint density at radius 2 is 1.95 bits per heavy atom. The van der Waals surface area contributed by atoms with Crippen LogP contribution in [0.15, 0.2) is 17.0 Å². The molecule has 1 aromatic carbocycles. The van der Waals surface area contributed by atoms with Gasteiger partial charge < -0.3 is 4.74 Å². The normalized spacial score (nSPS) is 12.1. The van der Waals surface area contributed by atoms with E-state index in [1.54, 1.807) is 13.0 Å². The van der Waals surface area contributed by atoms with E-state index in [-0.39, 0.29) is 27.4 Å². The van der Waals surface area contributed by atoms with Gasteiger partial charge in [0.15, 0.2) is 0 Å². The van der Waals surface area contributed by atoms with Gasteiger partial charge in [-0.2, -0.15) is 4.31 Å². The van der Waals surface area contributed by atoms with Crippen molar-refractivity contribution >= 4 is 44.8 Å². The first-order chi connectivity index (χ1) is 9.38. The minimum absolute atomic E-state index is 0.0275. The first-order valence-corrected chi connectivity index (χ1v) is 8.64. The maximum absolute atomic E-state index is 12.6. The molecule has 0 N–H and O–H groups in total. The van der Waals surface area contributed by atoms with Gasteiger partial charge in [-0.1, -0.05) is 30.1 Å². The number of sulfonamides is 1. The van der Waals surface area contributed by atoms with E-state index >= 15 is 0 Å². The number of halogens is 3. The molecule has 0 fully saturated rings. The van der Waals surface area contributed by atoms with Crippen molar-refractivity contribution in [1.29, 1.82) is 0 Å². The molecule has 114 valence electrons. The number of likely N-dealkylation sites (N-methyl/N-ethyl adjacent to an activating group) is 1. The molecule has 4 nitrogen and oxygen atoms in total. The Morgan fingerprint density at radius 1 is 1.30 bits per heavy atom. The molecule has 0 aliphatic heterocycles. The maximum atomic E-state index is 12.6. The summed E-state index contributed by atoms with van der Waals surface area (Å²) in [4.78, 5) is -0.0275. The standard InChI is InChI=1S/C12H16Cl3NO3S/c1-3-16(4-5-19-2)20(17,18)11-7-10(14)6-9(8-13)12(11)15/h6-7H,3-5,8H2,1-2H3. The lowest BCUT2D eigenvalue weighted by atomic mass is 10.2. The zero-order valence-electron chi connectivity index (χ0n) is 11.2. The second-order valence-electron chi connectivity index (χ2n) is 4.00. The molecule has 8 heteroatoms. The first kappa shape index (κ1) is 18.0. The van der Waals surface area contributed by atoms with Crippen molar-refractivity contribution in [3.05, 3.63) is 27.7 Å². The fourth-order valence-electron chi connectivity index (χ4n) is 1.68. The molecule has 0 bridgehead atoms. The second-order valence-corrected chi connectivity index (χ2v) is 6.99. The lowest BCUT2D eigenvalue weighted by molar-refractivity contribution is 0.180. The summed E-state index contributed by atoms with van der Waals surface area (Å²) in [5, 5.41) is 0.395. The van der Waals surface area contributed by atoms with Crippen LogP contribution in [0.5, 0.6) is 0 Å². The zero-order valence-corrected chi connectivity index (χ0v) is 14.3. The smallest absolute Gasteiger partial charge is 0.244 e. The third-order valence-electron chi connectivity index (χ3n) is 2.74. The average Bonchev–Trinajstić information content (AvgIpc) is 2.41. The minimum Gasteiger partial charge on any atom is -0.383 e. The van der Waals surface area contributed by atoms with Gasteiger partial charge in [-0.25, -0.2) is 8.42 Å². The molecule has 0 aliphatic carbocycles. The summed E-state index contributed by atoms with van der Waals surface area (Å²) < 4.78 is 31.4. The van der Waals surface area contributed by atoms with Crippen molar-refractivity contribution in [2.45, 2.75) is 17.7 Å². The highest BCUT2D eigenvalue weighted by molar-refractivity contribution is 7.89. The molecule has 20 heavy (non-hydrogen) atoms. The van der Waals surface area contributed by atoms with Crippen LogP contribution >= 0.6 is 34.8 Å². The summed E-state index contributed by atoms with van der Waals surface area (Å²) in [7, 11) is -2.22. The van der Waals surface area contributed by atoms with Crippen LogP contribution in [0.25, 0.3) is 0 Å². The van der Waals surface area contributed by atoms with Gasteiger partial charge in [0.05, 0.1) is 11.6 Å². The van der Waals surface area contributed by atoms with E-state index in [0.29, 0.717) is 18.7 Å². The number of ether oxygens (including phenoxy) is 1. The molecule has 0 spiro atoms.